The molecular weight excluding hydrogens is 220 g/mol. The standard InChI is InChI=1S/C11H18N4O2/c1-17-9-5-3-2-4-8(9)15-10(12)7(6-14-15)11(13)16/h6,8-9H,2-5,12H2,1H3,(H2,13,16)/t8-,9+/m0/s1. The van der Waals surface area contributed by atoms with Crippen LogP contribution in [-0.2, 0) is 4.74 Å². The number of ether oxygens (including phenoxy) is 1. The van der Waals surface area contributed by atoms with Crippen molar-refractivity contribution in [2.75, 3.05) is 12.8 Å². The van der Waals surface area contributed by atoms with Gasteiger partial charge < -0.3 is 16.2 Å². The number of primary amides is 1. The van der Waals surface area contributed by atoms with Crippen LogP contribution in [0.5, 0.6) is 0 Å². The van der Waals surface area contributed by atoms with Crippen LogP contribution in [0, 0.1) is 0 Å². The van der Waals surface area contributed by atoms with Crippen molar-refractivity contribution in [2.24, 2.45) is 5.73 Å². The SMILES string of the molecule is CO[C@@H]1CCCC[C@@H]1n1ncc(C(N)=O)c1N. The molecule has 94 valence electrons. The monoisotopic (exact) mass is 238 g/mol. The summed E-state index contributed by atoms with van der Waals surface area (Å²) in [4.78, 5) is 11.1. The number of methoxy groups -OCH3 is 1. The van der Waals surface area contributed by atoms with E-state index in [4.69, 9.17) is 16.2 Å². The molecule has 1 amide bonds. The lowest BCUT2D eigenvalue weighted by molar-refractivity contribution is 0.0254. The first-order valence-corrected chi connectivity index (χ1v) is 5.80. The summed E-state index contributed by atoms with van der Waals surface area (Å²) in [7, 11) is 1.69. The van der Waals surface area contributed by atoms with Crippen molar-refractivity contribution in [2.45, 2.75) is 37.8 Å². The predicted molar refractivity (Wildman–Crippen MR) is 63.5 cm³/mol. The average molecular weight is 238 g/mol. The van der Waals surface area contributed by atoms with Crippen molar-refractivity contribution < 1.29 is 9.53 Å². The maximum atomic E-state index is 11.1. The van der Waals surface area contributed by atoms with Crippen LogP contribution in [0.15, 0.2) is 6.20 Å². The van der Waals surface area contributed by atoms with Gasteiger partial charge in [-0.05, 0) is 12.8 Å². The summed E-state index contributed by atoms with van der Waals surface area (Å²) in [6.45, 7) is 0. The number of nitrogen functional groups attached to an aromatic ring is 1. The van der Waals surface area contributed by atoms with Crippen molar-refractivity contribution in [1.29, 1.82) is 0 Å². The fraction of sp³-hybridized carbons (Fsp3) is 0.636. The zero-order chi connectivity index (χ0) is 12.4. The molecule has 1 aliphatic rings. The molecule has 0 aliphatic heterocycles. The van der Waals surface area contributed by atoms with Gasteiger partial charge in [-0.15, -0.1) is 0 Å². The number of hydrogen-bond acceptors (Lipinski definition) is 4. The van der Waals surface area contributed by atoms with Gasteiger partial charge in [-0.2, -0.15) is 5.10 Å². The van der Waals surface area contributed by atoms with Crippen molar-refractivity contribution >= 4 is 11.7 Å². The van der Waals surface area contributed by atoms with Gasteiger partial charge in [0.15, 0.2) is 0 Å². The first kappa shape index (κ1) is 11.9. The van der Waals surface area contributed by atoms with Crippen molar-refractivity contribution in [3.63, 3.8) is 0 Å². The summed E-state index contributed by atoms with van der Waals surface area (Å²) in [6, 6.07) is 0.0989. The van der Waals surface area contributed by atoms with E-state index in [1.54, 1.807) is 11.8 Å². The third kappa shape index (κ3) is 2.12. The van der Waals surface area contributed by atoms with Crippen LogP contribution in [0.1, 0.15) is 42.1 Å². The highest BCUT2D eigenvalue weighted by Gasteiger charge is 2.29. The van der Waals surface area contributed by atoms with Crippen molar-refractivity contribution in [3.8, 4) is 0 Å². The van der Waals surface area contributed by atoms with E-state index in [1.165, 1.54) is 6.20 Å². The Morgan fingerprint density at radius 3 is 2.82 bits per heavy atom. The lowest BCUT2D eigenvalue weighted by Crippen LogP contribution is -2.31. The quantitative estimate of drug-likeness (QED) is 0.809. The van der Waals surface area contributed by atoms with Crippen LogP contribution in [0.25, 0.3) is 0 Å². The number of carbonyl (C=O) groups is 1. The molecule has 0 unspecified atom stereocenters. The third-order valence-corrected chi connectivity index (χ3v) is 3.38. The van der Waals surface area contributed by atoms with Crippen LogP contribution in [-0.4, -0.2) is 28.9 Å². The molecule has 1 aromatic heterocycles. The molecule has 1 heterocycles. The molecule has 1 fully saturated rings. The summed E-state index contributed by atoms with van der Waals surface area (Å²) in [5.74, 6) is -0.204. The molecule has 1 aromatic rings. The highest BCUT2D eigenvalue weighted by molar-refractivity contribution is 5.96. The molecule has 0 aromatic carbocycles. The maximum absolute atomic E-state index is 11.1. The molecule has 2 rings (SSSR count). The van der Waals surface area contributed by atoms with Crippen LogP contribution in [0.3, 0.4) is 0 Å². The molecule has 1 saturated carbocycles. The van der Waals surface area contributed by atoms with E-state index in [9.17, 15) is 4.79 Å². The van der Waals surface area contributed by atoms with E-state index in [2.05, 4.69) is 5.10 Å². The number of aromatic nitrogens is 2. The molecule has 1 aliphatic carbocycles. The predicted octanol–water partition coefficient (Wildman–Crippen LogP) is 0.694. The molecule has 0 saturated heterocycles. The summed E-state index contributed by atoms with van der Waals surface area (Å²) in [5.41, 5.74) is 11.4. The van der Waals surface area contributed by atoms with Crippen LogP contribution in [0.2, 0.25) is 0 Å². The van der Waals surface area contributed by atoms with Gasteiger partial charge in [-0.1, -0.05) is 12.8 Å². The zero-order valence-electron chi connectivity index (χ0n) is 9.93. The van der Waals surface area contributed by atoms with Gasteiger partial charge in [0.2, 0.25) is 0 Å². The Kier molecular flexibility index (Phi) is 3.33. The minimum atomic E-state index is -0.543. The Hall–Kier alpha value is -1.56. The highest BCUT2D eigenvalue weighted by Crippen LogP contribution is 2.32. The van der Waals surface area contributed by atoms with E-state index in [0.717, 1.165) is 25.7 Å². The fourth-order valence-corrected chi connectivity index (χ4v) is 2.46. The highest BCUT2D eigenvalue weighted by atomic mass is 16.5. The normalized spacial score (nSPS) is 24.8. The number of carbonyl (C=O) groups excluding carboxylic acids is 1. The van der Waals surface area contributed by atoms with Crippen molar-refractivity contribution in [3.05, 3.63) is 11.8 Å². The number of amides is 1. The smallest absolute Gasteiger partial charge is 0.254 e. The lowest BCUT2D eigenvalue weighted by atomic mass is 9.92. The van der Waals surface area contributed by atoms with Gasteiger partial charge >= 0.3 is 0 Å². The molecule has 0 bridgehead atoms. The molecule has 2 atom stereocenters. The van der Waals surface area contributed by atoms with Crippen LogP contribution < -0.4 is 11.5 Å². The Morgan fingerprint density at radius 2 is 2.24 bits per heavy atom. The summed E-state index contributed by atoms with van der Waals surface area (Å²) >= 11 is 0. The number of nitrogens with two attached hydrogens (primary N) is 2. The summed E-state index contributed by atoms with van der Waals surface area (Å²) < 4.78 is 7.12. The molecular formula is C11H18N4O2. The molecule has 0 radical (unpaired) electrons. The Bertz CT molecular complexity index is 416. The Balaban J connectivity index is 2.29. The van der Waals surface area contributed by atoms with Gasteiger partial charge in [0, 0.05) is 7.11 Å². The van der Waals surface area contributed by atoms with Crippen molar-refractivity contribution in [1.82, 2.24) is 9.78 Å². The molecule has 6 nitrogen and oxygen atoms in total. The molecule has 6 heteroatoms. The Morgan fingerprint density at radius 1 is 1.53 bits per heavy atom. The first-order chi connectivity index (χ1) is 8.15. The average Bonchev–Trinajstić information content (AvgIpc) is 2.71. The van der Waals surface area contributed by atoms with E-state index >= 15 is 0 Å². The van der Waals surface area contributed by atoms with Crippen LogP contribution >= 0.6 is 0 Å². The first-order valence-electron chi connectivity index (χ1n) is 5.80. The fourth-order valence-electron chi connectivity index (χ4n) is 2.46. The summed E-state index contributed by atoms with van der Waals surface area (Å²) in [6.07, 6.45) is 5.76. The summed E-state index contributed by atoms with van der Waals surface area (Å²) in [5, 5.41) is 4.17. The number of rotatable bonds is 3. The van der Waals surface area contributed by atoms with Gasteiger partial charge in [-0.25, -0.2) is 4.68 Å². The van der Waals surface area contributed by atoms with Gasteiger partial charge in [0.05, 0.1) is 18.3 Å². The van der Waals surface area contributed by atoms with E-state index in [-0.39, 0.29) is 17.7 Å². The van der Waals surface area contributed by atoms with E-state index in [0.29, 0.717) is 5.82 Å². The Labute approximate surface area is 99.9 Å². The topological polar surface area (TPSA) is 96.2 Å². The maximum Gasteiger partial charge on any atom is 0.254 e. The van der Waals surface area contributed by atoms with Crippen LogP contribution in [0.4, 0.5) is 5.82 Å². The largest absolute Gasteiger partial charge is 0.383 e. The second kappa shape index (κ2) is 4.75. The molecule has 4 N–H and O–H groups in total. The van der Waals surface area contributed by atoms with Gasteiger partial charge in [-0.3, -0.25) is 4.79 Å². The minimum Gasteiger partial charge on any atom is -0.383 e. The third-order valence-electron chi connectivity index (χ3n) is 3.38. The van der Waals surface area contributed by atoms with E-state index in [1.807, 2.05) is 0 Å². The van der Waals surface area contributed by atoms with Gasteiger partial charge in [0.1, 0.15) is 11.4 Å². The second-order valence-corrected chi connectivity index (χ2v) is 4.38. The lowest BCUT2D eigenvalue weighted by Gasteiger charge is -2.31. The molecule has 0 spiro atoms. The minimum absolute atomic E-state index is 0.0989. The number of hydrogen-bond donors (Lipinski definition) is 2. The number of nitrogens with zero attached hydrogens (tertiary/aromatic N) is 2. The van der Waals surface area contributed by atoms with Gasteiger partial charge in [0.25, 0.3) is 5.91 Å². The second-order valence-electron chi connectivity index (χ2n) is 4.38. The van der Waals surface area contributed by atoms with E-state index < -0.39 is 5.91 Å². The number of anilines is 1. The zero-order valence-corrected chi connectivity index (χ0v) is 9.93. The molecule has 17 heavy (non-hydrogen) atoms.